The Hall–Kier alpha value is -2.61. The van der Waals surface area contributed by atoms with E-state index < -0.39 is 17.2 Å². The predicted octanol–water partition coefficient (Wildman–Crippen LogP) is 3.69. The van der Waals surface area contributed by atoms with E-state index >= 15 is 0 Å². The Balaban J connectivity index is 1.17. The first-order chi connectivity index (χ1) is 15.0. The van der Waals surface area contributed by atoms with Crippen molar-refractivity contribution in [1.29, 1.82) is 0 Å². The number of hydrogen-bond acceptors (Lipinski definition) is 5. The van der Waals surface area contributed by atoms with Crippen LogP contribution in [0.1, 0.15) is 61.6 Å². The molecule has 31 heavy (non-hydrogen) atoms. The van der Waals surface area contributed by atoms with Gasteiger partial charge in [0.25, 0.3) is 5.91 Å². The number of halogens is 2. The van der Waals surface area contributed by atoms with E-state index in [0.29, 0.717) is 56.2 Å². The molecule has 1 aromatic carbocycles. The van der Waals surface area contributed by atoms with Crippen molar-refractivity contribution < 1.29 is 18.3 Å². The van der Waals surface area contributed by atoms with Gasteiger partial charge in [-0.05, 0) is 54.9 Å². The summed E-state index contributed by atoms with van der Waals surface area (Å²) in [6.07, 6.45) is 8.36. The quantitative estimate of drug-likeness (QED) is 0.749. The largest absolute Gasteiger partial charge is 0.342 e. The molecule has 3 aliphatic heterocycles. The van der Waals surface area contributed by atoms with Crippen molar-refractivity contribution in [3.63, 3.8) is 0 Å². The molecule has 6 rings (SSSR count). The molecule has 2 atom stereocenters. The Morgan fingerprint density at radius 2 is 1.61 bits per heavy atom. The fourth-order valence-corrected chi connectivity index (χ4v) is 5.33. The predicted molar refractivity (Wildman–Crippen MR) is 108 cm³/mol. The molecule has 8 heteroatoms. The minimum absolute atomic E-state index is 0.0608. The van der Waals surface area contributed by atoms with E-state index in [9.17, 15) is 13.6 Å². The second-order valence-corrected chi connectivity index (χ2v) is 9.15. The second-order valence-electron chi connectivity index (χ2n) is 9.15. The minimum Gasteiger partial charge on any atom is -0.342 e. The molecule has 0 N–H and O–H groups in total. The van der Waals surface area contributed by atoms with Gasteiger partial charge in [0.2, 0.25) is 5.95 Å². The standard InChI is InChI=1S/C23H24F2N4O2/c24-17-9-15(10-18(25)11-17)19-3-4-20-29(19)21(30)23(31-20)5-7-28(8-6-23)22-26-12-16(13-27-22)14-1-2-14/h9-14,19-20H,1-8H2. The van der Waals surface area contributed by atoms with Crippen LogP contribution in [0.3, 0.4) is 0 Å². The highest BCUT2D eigenvalue weighted by molar-refractivity contribution is 5.88. The number of ether oxygens (including phenoxy) is 1. The van der Waals surface area contributed by atoms with Gasteiger partial charge in [0.1, 0.15) is 17.9 Å². The van der Waals surface area contributed by atoms with E-state index in [1.165, 1.54) is 30.5 Å². The maximum atomic E-state index is 13.8. The van der Waals surface area contributed by atoms with Gasteiger partial charge in [-0.15, -0.1) is 0 Å². The van der Waals surface area contributed by atoms with Crippen molar-refractivity contribution in [2.24, 2.45) is 0 Å². The van der Waals surface area contributed by atoms with Crippen LogP contribution in [0.2, 0.25) is 0 Å². The molecule has 1 amide bonds. The molecule has 0 bridgehead atoms. The van der Waals surface area contributed by atoms with E-state index in [1.54, 1.807) is 4.90 Å². The van der Waals surface area contributed by atoms with Crippen LogP contribution in [-0.4, -0.2) is 45.7 Å². The average molecular weight is 426 g/mol. The summed E-state index contributed by atoms with van der Waals surface area (Å²) in [5.41, 5.74) is 0.835. The third-order valence-electron chi connectivity index (χ3n) is 7.15. The van der Waals surface area contributed by atoms with Crippen LogP contribution >= 0.6 is 0 Å². The number of carbonyl (C=O) groups is 1. The lowest BCUT2D eigenvalue weighted by molar-refractivity contribution is -0.140. The summed E-state index contributed by atoms with van der Waals surface area (Å²) in [4.78, 5) is 26.3. The summed E-state index contributed by atoms with van der Waals surface area (Å²) in [7, 11) is 0. The Morgan fingerprint density at radius 1 is 0.935 bits per heavy atom. The molecule has 6 nitrogen and oxygen atoms in total. The third kappa shape index (κ3) is 3.19. The Bertz CT molecular complexity index is 998. The molecule has 1 aliphatic carbocycles. The van der Waals surface area contributed by atoms with Gasteiger partial charge in [-0.2, -0.15) is 0 Å². The van der Waals surface area contributed by atoms with Crippen LogP contribution in [0.15, 0.2) is 30.6 Å². The monoisotopic (exact) mass is 426 g/mol. The zero-order chi connectivity index (χ0) is 21.2. The van der Waals surface area contributed by atoms with Crippen molar-refractivity contribution >= 4 is 11.9 Å². The number of amides is 1. The lowest BCUT2D eigenvalue weighted by Crippen LogP contribution is -2.50. The van der Waals surface area contributed by atoms with Crippen molar-refractivity contribution in [1.82, 2.24) is 14.9 Å². The van der Waals surface area contributed by atoms with Crippen LogP contribution in [0.25, 0.3) is 0 Å². The van der Waals surface area contributed by atoms with Crippen LogP contribution in [0.4, 0.5) is 14.7 Å². The Labute approximate surface area is 179 Å². The highest BCUT2D eigenvalue weighted by Gasteiger charge is 2.58. The number of benzene rings is 1. The molecule has 2 aromatic rings. The molecule has 1 spiro atoms. The summed E-state index contributed by atoms with van der Waals surface area (Å²) < 4.78 is 33.8. The van der Waals surface area contributed by atoms with Gasteiger partial charge in [0, 0.05) is 44.4 Å². The Morgan fingerprint density at radius 3 is 2.26 bits per heavy atom. The van der Waals surface area contributed by atoms with E-state index in [-0.39, 0.29) is 18.2 Å². The van der Waals surface area contributed by atoms with E-state index in [1.807, 2.05) is 12.4 Å². The fourth-order valence-electron chi connectivity index (χ4n) is 5.33. The second kappa shape index (κ2) is 6.95. The summed E-state index contributed by atoms with van der Waals surface area (Å²) >= 11 is 0. The first-order valence-electron chi connectivity index (χ1n) is 11.1. The normalized spacial score (nSPS) is 27.2. The highest BCUT2D eigenvalue weighted by Crippen LogP contribution is 2.48. The minimum atomic E-state index is -0.861. The zero-order valence-corrected chi connectivity index (χ0v) is 17.1. The molecule has 2 unspecified atom stereocenters. The van der Waals surface area contributed by atoms with Gasteiger partial charge < -0.3 is 14.5 Å². The van der Waals surface area contributed by atoms with Crippen LogP contribution < -0.4 is 4.90 Å². The lowest BCUT2D eigenvalue weighted by Gasteiger charge is -2.37. The van der Waals surface area contributed by atoms with E-state index in [4.69, 9.17) is 4.74 Å². The van der Waals surface area contributed by atoms with Crippen molar-refractivity contribution in [2.75, 3.05) is 18.0 Å². The van der Waals surface area contributed by atoms with Crippen molar-refractivity contribution in [2.45, 2.75) is 62.3 Å². The molecular weight excluding hydrogens is 402 g/mol. The van der Waals surface area contributed by atoms with Crippen LogP contribution in [0.5, 0.6) is 0 Å². The maximum Gasteiger partial charge on any atom is 0.257 e. The van der Waals surface area contributed by atoms with E-state index in [0.717, 1.165) is 6.07 Å². The highest BCUT2D eigenvalue weighted by atomic mass is 19.1. The topological polar surface area (TPSA) is 58.6 Å². The van der Waals surface area contributed by atoms with Gasteiger partial charge in [0.15, 0.2) is 5.60 Å². The Kier molecular flexibility index (Phi) is 4.28. The number of piperidine rings is 1. The van der Waals surface area contributed by atoms with Crippen LogP contribution in [0, 0.1) is 11.6 Å². The molecule has 4 aliphatic rings. The van der Waals surface area contributed by atoms with Crippen molar-refractivity contribution in [3.8, 4) is 0 Å². The number of rotatable bonds is 3. The zero-order valence-electron chi connectivity index (χ0n) is 17.1. The summed E-state index contributed by atoms with van der Waals surface area (Å²) in [6.45, 7) is 1.27. The summed E-state index contributed by atoms with van der Waals surface area (Å²) in [5, 5.41) is 0. The molecule has 4 heterocycles. The fraction of sp³-hybridized carbons (Fsp3) is 0.522. The number of carbonyl (C=O) groups excluding carboxylic acids is 1. The molecule has 1 saturated carbocycles. The van der Waals surface area contributed by atoms with Gasteiger partial charge >= 0.3 is 0 Å². The van der Waals surface area contributed by atoms with Crippen LogP contribution in [-0.2, 0) is 9.53 Å². The molecule has 162 valence electrons. The molecule has 1 aromatic heterocycles. The number of nitrogens with zero attached hydrogens (tertiary/aromatic N) is 4. The number of anilines is 1. The first-order valence-corrected chi connectivity index (χ1v) is 11.1. The smallest absolute Gasteiger partial charge is 0.257 e. The molecule has 0 radical (unpaired) electrons. The summed E-state index contributed by atoms with van der Waals surface area (Å²) in [6, 6.07) is 3.15. The first kappa shape index (κ1) is 19.1. The number of hydrogen-bond donors (Lipinski definition) is 0. The molecule has 4 fully saturated rings. The molecular formula is C23H24F2N4O2. The third-order valence-corrected chi connectivity index (χ3v) is 7.15. The molecule has 3 saturated heterocycles. The average Bonchev–Trinajstić information content (AvgIpc) is 3.48. The van der Waals surface area contributed by atoms with Gasteiger partial charge in [0.05, 0.1) is 6.04 Å². The number of aromatic nitrogens is 2. The lowest BCUT2D eigenvalue weighted by atomic mass is 9.89. The van der Waals surface area contributed by atoms with Gasteiger partial charge in [-0.3, -0.25) is 4.79 Å². The van der Waals surface area contributed by atoms with Crippen molar-refractivity contribution in [3.05, 3.63) is 53.4 Å². The maximum absolute atomic E-state index is 13.8. The van der Waals surface area contributed by atoms with E-state index in [2.05, 4.69) is 14.9 Å². The SMILES string of the molecule is O=C1N2C(CCC2c2cc(F)cc(F)c2)OC12CCN(c1ncc(C3CC3)cn1)CC2. The van der Waals surface area contributed by atoms with Gasteiger partial charge in [-0.25, -0.2) is 18.7 Å². The van der Waals surface area contributed by atoms with Gasteiger partial charge in [-0.1, -0.05) is 0 Å². The number of fused-ring (bicyclic) bond motifs is 1. The summed E-state index contributed by atoms with van der Waals surface area (Å²) in [5.74, 6) is 0.00672.